The van der Waals surface area contributed by atoms with E-state index in [4.69, 9.17) is 0 Å². The minimum atomic E-state index is -0.437. The highest BCUT2D eigenvalue weighted by molar-refractivity contribution is 5.83. The number of aliphatic hydroxyl groups is 1. The summed E-state index contributed by atoms with van der Waals surface area (Å²) >= 11 is 0. The van der Waals surface area contributed by atoms with E-state index in [2.05, 4.69) is 6.92 Å². The van der Waals surface area contributed by atoms with E-state index in [-0.39, 0.29) is 11.2 Å². The molecule has 102 valence electrons. The Kier molecular flexibility index (Phi) is 8.49. The van der Waals surface area contributed by atoms with Crippen LogP contribution in [-0.2, 0) is 4.79 Å². The summed E-state index contributed by atoms with van der Waals surface area (Å²) in [6, 6.07) is 0. The smallest absolute Gasteiger partial charge is 0.140 e. The van der Waals surface area contributed by atoms with Crippen LogP contribution in [0.3, 0.4) is 0 Å². The number of unbranched alkanes of at least 4 members (excludes halogenated alkanes) is 5. The van der Waals surface area contributed by atoms with Crippen LogP contribution in [0, 0.1) is 5.41 Å². The van der Waals surface area contributed by atoms with Crippen molar-refractivity contribution in [3.8, 4) is 0 Å². The normalized spacial score (nSPS) is 13.7. The maximum atomic E-state index is 11.7. The number of rotatable bonds is 9. The van der Waals surface area contributed by atoms with Crippen LogP contribution in [0.15, 0.2) is 0 Å². The Labute approximate surface area is 107 Å². The van der Waals surface area contributed by atoms with Crippen LogP contribution in [0.5, 0.6) is 0 Å². The van der Waals surface area contributed by atoms with Gasteiger partial charge in [0.05, 0.1) is 6.10 Å². The molecule has 2 nitrogen and oxygen atoms in total. The van der Waals surface area contributed by atoms with Gasteiger partial charge in [-0.15, -0.1) is 0 Å². The highest BCUT2D eigenvalue weighted by Crippen LogP contribution is 2.19. The number of carbonyl (C=O) groups is 1. The van der Waals surface area contributed by atoms with Gasteiger partial charge < -0.3 is 5.11 Å². The van der Waals surface area contributed by atoms with E-state index >= 15 is 0 Å². The zero-order valence-electron chi connectivity index (χ0n) is 12.1. The summed E-state index contributed by atoms with van der Waals surface area (Å²) in [5.74, 6) is 0.163. The minimum absolute atomic E-state index is 0.163. The average molecular weight is 242 g/mol. The van der Waals surface area contributed by atoms with Crippen LogP contribution in [-0.4, -0.2) is 17.0 Å². The largest absolute Gasteiger partial charge is 0.393 e. The fraction of sp³-hybridized carbons (Fsp3) is 0.933. The predicted octanol–water partition coefficient (Wildman–Crippen LogP) is 4.10. The van der Waals surface area contributed by atoms with Crippen molar-refractivity contribution in [2.24, 2.45) is 5.41 Å². The first-order chi connectivity index (χ1) is 7.88. The molecule has 1 N–H and O–H groups in total. The molecular formula is C15H30O2. The third-order valence-corrected chi connectivity index (χ3v) is 3.15. The van der Waals surface area contributed by atoms with Crippen molar-refractivity contribution < 1.29 is 9.90 Å². The van der Waals surface area contributed by atoms with E-state index in [9.17, 15) is 9.90 Å². The van der Waals surface area contributed by atoms with Gasteiger partial charge >= 0.3 is 0 Å². The lowest BCUT2D eigenvalue weighted by atomic mass is 9.87. The SMILES string of the molecule is CCCCCCCCC(O)CC(=O)C(C)(C)C. The molecular weight excluding hydrogens is 212 g/mol. The van der Waals surface area contributed by atoms with Gasteiger partial charge in [-0.05, 0) is 6.42 Å². The number of carbonyl (C=O) groups excluding carboxylic acids is 1. The molecule has 0 aliphatic heterocycles. The van der Waals surface area contributed by atoms with Gasteiger partial charge in [0.1, 0.15) is 5.78 Å². The van der Waals surface area contributed by atoms with Crippen molar-refractivity contribution >= 4 is 5.78 Å². The van der Waals surface area contributed by atoms with Crippen LogP contribution in [0.4, 0.5) is 0 Å². The van der Waals surface area contributed by atoms with Crippen molar-refractivity contribution in [1.29, 1.82) is 0 Å². The lowest BCUT2D eigenvalue weighted by Crippen LogP contribution is -2.25. The zero-order chi connectivity index (χ0) is 13.3. The Bertz CT molecular complexity index is 203. The monoisotopic (exact) mass is 242 g/mol. The van der Waals surface area contributed by atoms with Crippen LogP contribution in [0.1, 0.15) is 79.1 Å². The van der Waals surface area contributed by atoms with Crippen molar-refractivity contribution in [1.82, 2.24) is 0 Å². The molecule has 0 aromatic rings. The molecule has 1 atom stereocenters. The average Bonchev–Trinajstić information content (AvgIpc) is 2.21. The van der Waals surface area contributed by atoms with Crippen LogP contribution in [0.2, 0.25) is 0 Å². The number of Topliss-reactive ketones (excluding diaryl/α,β-unsaturated/α-hetero) is 1. The fourth-order valence-electron chi connectivity index (χ4n) is 1.78. The molecule has 0 aromatic heterocycles. The molecule has 0 rings (SSSR count). The van der Waals surface area contributed by atoms with Crippen LogP contribution < -0.4 is 0 Å². The van der Waals surface area contributed by atoms with Crippen molar-refractivity contribution in [3.05, 3.63) is 0 Å². The second-order valence-corrected chi connectivity index (χ2v) is 6.09. The Morgan fingerprint density at radius 1 is 1.06 bits per heavy atom. The lowest BCUT2D eigenvalue weighted by Gasteiger charge is -2.19. The second-order valence-electron chi connectivity index (χ2n) is 6.09. The quantitative estimate of drug-likeness (QED) is 0.618. The molecule has 0 aromatic carbocycles. The Morgan fingerprint density at radius 2 is 1.59 bits per heavy atom. The summed E-state index contributed by atoms with van der Waals surface area (Å²) in [4.78, 5) is 11.7. The third-order valence-electron chi connectivity index (χ3n) is 3.15. The summed E-state index contributed by atoms with van der Waals surface area (Å²) in [7, 11) is 0. The minimum Gasteiger partial charge on any atom is -0.393 e. The van der Waals surface area contributed by atoms with E-state index < -0.39 is 6.10 Å². The summed E-state index contributed by atoms with van der Waals surface area (Å²) < 4.78 is 0. The highest BCUT2D eigenvalue weighted by atomic mass is 16.3. The van der Waals surface area contributed by atoms with Gasteiger partial charge in [-0.3, -0.25) is 4.79 Å². The molecule has 0 bridgehead atoms. The second kappa shape index (κ2) is 8.68. The van der Waals surface area contributed by atoms with Crippen molar-refractivity contribution in [3.63, 3.8) is 0 Å². The molecule has 1 unspecified atom stereocenters. The van der Waals surface area contributed by atoms with Gasteiger partial charge in [0, 0.05) is 11.8 Å². The van der Waals surface area contributed by atoms with Gasteiger partial charge in [-0.2, -0.15) is 0 Å². The molecule has 2 heteroatoms. The Hall–Kier alpha value is -0.370. The highest BCUT2D eigenvalue weighted by Gasteiger charge is 2.23. The molecule has 0 heterocycles. The van der Waals surface area contributed by atoms with Crippen molar-refractivity contribution in [2.45, 2.75) is 85.2 Å². The van der Waals surface area contributed by atoms with E-state index in [0.717, 1.165) is 12.8 Å². The first kappa shape index (κ1) is 16.6. The van der Waals surface area contributed by atoms with Gasteiger partial charge in [-0.1, -0.05) is 66.2 Å². The summed E-state index contributed by atoms with van der Waals surface area (Å²) in [6.07, 6.45) is 8.01. The van der Waals surface area contributed by atoms with Gasteiger partial charge in [-0.25, -0.2) is 0 Å². The Morgan fingerprint density at radius 3 is 2.12 bits per heavy atom. The number of ketones is 1. The molecule has 0 saturated heterocycles. The molecule has 0 aliphatic rings. The first-order valence-electron chi connectivity index (χ1n) is 7.09. The topological polar surface area (TPSA) is 37.3 Å². The molecule has 0 fully saturated rings. The van der Waals surface area contributed by atoms with Crippen molar-refractivity contribution in [2.75, 3.05) is 0 Å². The third kappa shape index (κ3) is 9.34. The van der Waals surface area contributed by atoms with E-state index in [1.54, 1.807) is 0 Å². The van der Waals surface area contributed by atoms with Gasteiger partial charge in [0.2, 0.25) is 0 Å². The van der Waals surface area contributed by atoms with Gasteiger partial charge in [0.25, 0.3) is 0 Å². The number of hydrogen-bond acceptors (Lipinski definition) is 2. The summed E-state index contributed by atoms with van der Waals surface area (Å²) in [6.45, 7) is 7.94. The molecule has 0 aliphatic carbocycles. The predicted molar refractivity (Wildman–Crippen MR) is 73.1 cm³/mol. The van der Waals surface area contributed by atoms with E-state index in [1.165, 1.54) is 32.1 Å². The molecule has 0 amide bonds. The number of hydrogen-bond donors (Lipinski definition) is 1. The first-order valence-corrected chi connectivity index (χ1v) is 7.09. The Balaban J connectivity index is 3.53. The molecule has 0 saturated carbocycles. The summed E-state index contributed by atoms with van der Waals surface area (Å²) in [5, 5.41) is 9.76. The van der Waals surface area contributed by atoms with E-state index in [1.807, 2.05) is 20.8 Å². The van der Waals surface area contributed by atoms with Crippen LogP contribution >= 0.6 is 0 Å². The molecule has 0 radical (unpaired) electrons. The fourth-order valence-corrected chi connectivity index (χ4v) is 1.78. The van der Waals surface area contributed by atoms with E-state index in [0.29, 0.717) is 6.42 Å². The summed E-state index contributed by atoms with van der Waals surface area (Å²) in [5.41, 5.74) is -0.317. The number of aliphatic hydroxyl groups excluding tert-OH is 1. The standard InChI is InChI=1S/C15H30O2/c1-5-6-7-8-9-10-11-13(16)12-14(17)15(2,3)4/h13,16H,5-12H2,1-4H3. The van der Waals surface area contributed by atoms with Crippen LogP contribution in [0.25, 0.3) is 0 Å². The molecule has 17 heavy (non-hydrogen) atoms. The lowest BCUT2D eigenvalue weighted by molar-refractivity contribution is -0.128. The maximum absolute atomic E-state index is 11.7. The zero-order valence-corrected chi connectivity index (χ0v) is 12.1. The molecule has 0 spiro atoms. The van der Waals surface area contributed by atoms with Gasteiger partial charge in [0.15, 0.2) is 0 Å². The maximum Gasteiger partial charge on any atom is 0.140 e.